The summed E-state index contributed by atoms with van der Waals surface area (Å²) < 4.78 is 0. The van der Waals surface area contributed by atoms with Crippen LogP contribution in [0.1, 0.15) is 52.5 Å². The highest BCUT2D eigenvalue weighted by atomic mass is 14.4. The highest BCUT2D eigenvalue weighted by molar-refractivity contribution is 5.31. The summed E-state index contributed by atoms with van der Waals surface area (Å²) in [5, 5.41) is 0. The van der Waals surface area contributed by atoms with Gasteiger partial charge in [0.25, 0.3) is 0 Å². The van der Waals surface area contributed by atoms with Crippen LogP contribution in [0.15, 0.2) is 54.1 Å². The Bertz CT molecular complexity index is 472. The van der Waals surface area contributed by atoms with E-state index in [-0.39, 0.29) is 10.8 Å². The molecule has 0 fully saturated rings. The van der Waals surface area contributed by atoms with E-state index in [2.05, 4.69) is 76.3 Å². The molecule has 0 unspecified atom stereocenters. The van der Waals surface area contributed by atoms with Crippen molar-refractivity contribution in [2.45, 2.75) is 52.4 Å². The van der Waals surface area contributed by atoms with Gasteiger partial charge < -0.3 is 0 Å². The summed E-state index contributed by atoms with van der Waals surface area (Å²) >= 11 is 0. The Balaban J connectivity index is 2.19. The summed E-state index contributed by atoms with van der Waals surface area (Å²) in [7, 11) is 0. The number of allylic oxidation sites excluding steroid dienone is 4. The molecule has 0 N–H and O–H groups in total. The third kappa shape index (κ3) is 3.37. The first-order chi connectivity index (χ1) is 8.92. The van der Waals surface area contributed by atoms with Gasteiger partial charge in [-0.3, -0.25) is 0 Å². The van der Waals surface area contributed by atoms with E-state index in [1.807, 2.05) is 0 Å². The van der Waals surface area contributed by atoms with Gasteiger partial charge in [0.2, 0.25) is 0 Å². The average Bonchev–Trinajstić information content (AvgIpc) is 2.40. The number of benzene rings is 1. The SMILES string of the molecule is CC(C)(CC(C)(C)c1ccccc1)C1=CCCC=C1. The Morgan fingerprint density at radius 3 is 2.16 bits per heavy atom. The van der Waals surface area contributed by atoms with Gasteiger partial charge in [0.15, 0.2) is 0 Å². The van der Waals surface area contributed by atoms with Crippen LogP contribution >= 0.6 is 0 Å². The van der Waals surface area contributed by atoms with E-state index in [0.29, 0.717) is 0 Å². The van der Waals surface area contributed by atoms with Crippen molar-refractivity contribution in [3.63, 3.8) is 0 Å². The number of rotatable bonds is 4. The van der Waals surface area contributed by atoms with Crippen molar-refractivity contribution in [1.29, 1.82) is 0 Å². The van der Waals surface area contributed by atoms with Crippen LogP contribution in [0, 0.1) is 5.41 Å². The zero-order valence-corrected chi connectivity index (χ0v) is 12.7. The normalized spacial score (nSPS) is 16.3. The highest BCUT2D eigenvalue weighted by Gasteiger charge is 2.32. The lowest BCUT2D eigenvalue weighted by molar-refractivity contribution is 0.308. The second-order valence-electron chi connectivity index (χ2n) is 6.95. The minimum atomic E-state index is 0.205. The number of hydrogen-bond donors (Lipinski definition) is 0. The smallest absolute Gasteiger partial charge is 0.00953 e. The third-order valence-electron chi connectivity index (χ3n) is 4.22. The maximum absolute atomic E-state index is 2.42. The molecule has 0 nitrogen and oxygen atoms in total. The highest BCUT2D eigenvalue weighted by Crippen LogP contribution is 2.42. The zero-order chi connectivity index (χ0) is 13.9. The fourth-order valence-corrected chi connectivity index (χ4v) is 3.31. The van der Waals surface area contributed by atoms with Gasteiger partial charge in [-0.1, -0.05) is 76.3 Å². The predicted molar refractivity (Wildman–Crippen MR) is 84.3 cm³/mol. The van der Waals surface area contributed by atoms with E-state index < -0.39 is 0 Å². The van der Waals surface area contributed by atoms with E-state index in [1.165, 1.54) is 30.4 Å². The first-order valence-electron chi connectivity index (χ1n) is 7.34. The van der Waals surface area contributed by atoms with Crippen LogP contribution in [0.25, 0.3) is 0 Å². The van der Waals surface area contributed by atoms with Crippen LogP contribution in [0.4, 0.5) is 0 Å². The molecule has 0 saturated heterocycles. The Morgan fingerprint density at radius 1 is 0.895 bits per heavy atom. The second kappa shape index (κ2) is 5.36. The van der Waals surface area contributed by atoms with Crippen molar-refractivity contribution in [1.82, 2.24) is 0 Å². The van der Waals surface area contributed by atoms with Crippen LogP contribution in [0.2, 0.25) is 0 Å². The molecule has 1 aliphatic carbocycles. The molecule has 0 radical (unpaired) electrons. The standard InChI is InChI=1S/C19H26/c1-18(2,16-11-7-5-8-12-16)15-19(3,4)17-13-9-6-10-14-17/h5,7-9,11-14H,6,10,15H2,1-4H3. The summed E-state index contributed by atoms with van der Waals surface area (Å²) in [6.45, 7) is 9.47. The lowest BCUT2D eigenvalue weighted by Crippen LogP contribution is -2.28. The largest absolute Gasteiger partial charge is 0.0839 e. The van der Waals surface area contributed by atoms with E-state index in [0.717, 1.165) is 0 Å². The van der Waals surface area contributed by atoms with Crippen molar-refractivity contribution in [2.75, 3.05) is 0 Å². The maximum Gasteiger partial charge on any atom is -0.00953 e. The molecular weight excluding hydrogens is 228 g/mol. The quantitative estimate of drug-likeness (QED) is 0.650. The zero-order valence-electron chi connectivity index (χ0n) is 12.7. The van der Waals surface area contributed by atoms with Crippen LogP contribution in [-0.4, -0.2) is 0 Å². The molecule has 1 aromatic carbocycles. The molecule has 0 aliphatic heterocycles. The van der Waals surface area contributed by atoms with Gasteiger partial charge in [0.05, 0.1) is 0 Å². The van der Waals surface area contributed by atoms with Crippen molar-refractivity contribution < 1.29 is 0 Å². The Hall–Kier alpha value is -1.30. The summed E-state index contributed by atoms with van der Waals surface area (Å²) in [4.78, 5) is 0. The van der Waals surface area contributed by atoms with Crippen molar-refractivity contribution >= 4 is 0 Å². The topological polar surface area (TPSA) is 0 Å². The first kappa shape index (κ1) is 14.1. The Kier molecular flexibility index (Phi) is 3.99. The monoisotopic (exact) mass is 254 g/mol. The lowest BCUT2D eigenvalue weighted by Gasteiger charge is -2.37. The molecule has 1 aromatic rings. The molecule has 0 heteroatoms. The molecule has 0 atom stereocenters. The predicted octanol–water partition coefficient (Wildman–Crippen LogP) is 5.66. The first-order valence-corrected chi connectivity index (χ1v) is 7.34. The van der Waals surface area contributed by atoms with Crippen LogP contribution in [0.5, 0.6) is 0 Å². The van der Waals surface area contributed by atoms with Gasteiger partial charge in [-0.2, -0.15) is 0 Å². The van der Waals surface area contributed by atoms with E-state index >= 15 is 0 Å². The van der Waals surface area contributed by atoms with E-state index in [1.54, 1.807) is 0 Å². The Morgan fingerprint density at radius 2 is 1.58 bits per heavy atom. The average molecular weight is 254 g/mol. The minimum Gasteiger partial charge on any atom is -0.0839 e. The van der Waals surface area contributed by atoms with Crippen molar-refractivity contribution in [3.05, 3.63) is 59.7 Å². The second-order valence-corrected chi connectivity index (χ2v) is 6.95. The summed E-state index contributed by atoms with van der Waals surface area (Å²) in [5.41, 5.74) is 3.37. The summed E-state index contributed by atoms with van der Waals surface area (Å²) in [6, 6.07) is 10.9. The fourth-order valence-electron chi connectivity index (χ4n) is 3.31. The Labute approximate surface area is 118 Å². The molecule has 0 amide bonds. The van der Waals surface area contributed by atoms with Gasteiger partial charge in [-0.05, 0) is 41.2 Å². The number of hydrogen-bond acceptors (Lipinski definition) is 0. The van der Waals surface area contributed by atoms with Crippen molar-refractivity contribution in [3.8, 4) is 0 Å². The van der Waals surface area contributed by atoms with Crippen LogP contribution < -0.4 is 0 Å². The molecule has 0 bridgehead atoms. The van der Waals surface area contributed by atoms with Crippen LogP contribution in [0.3, 0.4) is 0 Å². The van der Waals surface area contributed by atoms with Gasteiger partial charge in [-0.25, -0.2) is 0 Å². The fraction of sp³-hybridized carbons (Fsp3) is 0.474. The lowest BCUT2D eigenvalue weighted by atomic mass is 9.67. The molecule has 0 heterocycles. The molecule has 102 valence electrons. The van der Waals surface area contributed by atoms with Crippen LogP contribution in [-0.2, 0) is 5.41 Å². The molecule has 2 rings (SSSR count). The summed E-state index contributed by atoms with van der Waals surface area (Å²) in [5.74, 6) is 0. The van der Waals surface area contributed by atoms with E-state index in [9.17, 15) is 0 Å². The summed E-state index contributed by atoms with van der Waals surface area (Å²) in [6.07, 6.45) is 10.6. The molecule has 1 aliphatic rings. The van der Waals surface area contributed by atoms with Crippen molar-refractivity contribution in [2.24, 2.45) is 5.41 Å². The van der Waals surface area contributed by atoms with Gasteiger partial charge >= 0.3 is 0 Å². The molecule has 0 saturated carbocycles. The maximum atomic E-state index is 2.42. The molecule has 19 heavy (non-hydrogen) atoms. The van der Waals surface area contributed by atoms with Gasteiger partial charge in [0, 0.05) is 0 Å². The molecule has 0 spiro atoms. The minimum absolute atomic E-state index is 0.205. The molecular formula is C19H26. The van der Waals surface area contributed by atoms with E-state index in [4.69, 9.17) is 0 Å². The van der Waals surface area contributed by atoms with Gasteiger partial charge in [-0.15, -0.1) is 0 Å². The molecule has 0 aromatic heterocycles. The third-order valence-corrected chi connectivity index (χ3v) is 4.22. The van der Waals surface area contributed by atoms with Gasteiger partial charge in [0.1, 0.15) is 0 Å².